The van der Waals surface area contributed by atoms with Gasteiger partial charge in [-0.1, -0.05) is 18.2 Å². The molecule has 0 aliphatic heterocycles. The first-order valence-corrected chi connectivity index (χ1v) is 8.61. The summed E-state index contributed by atoms with van der Waals surface area (Å²) in [6, 6.07) is 14.2. The molecule has 0 atom stereocenters. The predicted molar refractivity (Wildman–Crippen MR) is 93.9 cm³/mol. The van der Waals surface area contributed by atoms with Crippen LogP contribution in [0, 0.1) is 0 Å². The molecule has 0 fully saturated rings. The van der Waals surface area contributed by atoms with E-state index in [1.165, 1.54) is 31.3 Å². The van der Waals surface area contributed by atoms with Gasteiger partial charge in [0.15, 0.2) is 0 Å². The van der Waals surface area contributed by atoms with E-state index in [4.69, 9.17) is 5.11 Å². The summed E-state index contributed by atoms with van der Waals surface area (Å²) in [5.41, 5.74) is 0.875. The monoisotopic (exact) mass is 360 g/mol. The maximum atomic E-state index is 12.6. The average molecular weight is 360 g/mol. The van der Waals surface area contributed by atoms with Gasteiger partial charge in [-0.25, -0.2) is 13.2 Å². The smallest absolute Gasteiger partial charge is 0.328 e. The van der Waals surface area contributed by atoms with Gasteiger partial charge in [-0.05, 0) is 36.4 Å². The van der Waals surface area contributed by atoms with Gasteiger partial charge < -0.3 is 10.4 Å². The summed E-state index contributed by atoms with van der Waals surface area (Å²) >= 11 is 0. The van der Waals surface area contributed by atoms with E-state index in [9.17, 15) is 18.0 Å². The number of carbonyl (C=O) groups is 2. The molecular formula is C17H16N2O5S. The number of carboxylic acid groups (broad SMARTS) is 1. The van der Waals surface area contributed by atoms with E-state index in [0.717, 1.165) is 10.4 Å². The summed E-state index contributed by atoms with van der Waals surface area (Å²) in [6.45, 7) is 0. The topological polar surface area (TPSA) is 104 Å². The number of carbonyl (C=O) groups excluding carboxylic acids is 1. The van der Waals surface area contributed by atoms with E-state index < -0.39 is 21.9 Å². The fourth-order valence-corrected chi connectivity index (χ4v) is 3.17. The number of rotatable bonds is 6. The Bertz CT molecular complexity index is 890. The van der Waals surface area contributed by atoms with Crippen molar-refractivity contribution in [1.29, 1.82) is 0 Å². The van der Waals surface area contributed by atoms with Crippen molar-refractivity contribution in [3.05, 3.63) is 66.7 Å². The lowest BCUT2D eigenvalue weighted by Crippen LogP contribution is -2.26. The first-order valence-electron chi connectivity index (χ1n) is 7.17. The van der Waals surface area contributed by atoms with Crippen molar-refractivity contribution in [2.24, 2.45) is 0 Å². The number of nitrogens with one attached hydrogen (secondary N) is 1. The van der Waals surface area contributed by atoms with Crippen molar-refractivity contribution in [3.8, 4) is 0 Å². The molecule has 0 aliphatic carbocycles. The number of nitrogens with zero attached hydrogens (tertiary/aromatic N) is 1. The Morgan fingerprint density at radius 3 is 2.16 bits per heavy atom. The van der Waals surface area contributed by atoms with Gasteiger partial charge in [-0.15, -0.1) is 0 Å². The zero-order valence-corrected chi connectivity index (χ0v) is 14.1. The number of benzene rings is 2. The maximum absolute atomic E-state index is 12.6. The van der Waals surface area contributed by atoms with Gasteiger partial charge in [-0.3, -0.25) is 9.10 Å². The molecule has 1 amide bonds. The Labute approximate surface area is 145 Å². The Morgan fingerprint density at radius 2 is 1.60 bits per heavy atom. The van der Waals surface area contributed by atoms with Crippen LogP contribution in [0.3, 0.4) is 0 Å². The van der Waals surface area contributed by atoms with Crippen LogP contribution in [0.4, 0.5) is 11.4 Å². The molecule has 0 saturated heterocycles. The number of carboxylic acids is 1. The fraction of sp³-hybridized carbons (Fsp3) is 0.0588. The minimum absolute atomic E-state index is 0.0675. The van der Waals surface area contributed by atoms with Gasteiger partial charge in [0.25, 0.3) is 10.0 Å². The van der Waals surface area contributed by atoms with Crippen LogP contribution in [-0.2, 0) is 19.6 Å². The summed E-state index contributed by atoms with van der Waals surface area (Å²) in [5, 5.41) is 10.9. The highest BCUT2D eigenvalue weighted by atomic mass is 32.2. The second kappa shape index (κ2) is 7.63. The molecular weight excluding hydrogens is 344 g/mol. The van der Waals surface area contributed by atoms with E-state index >= 15 is 0 Å². The number of para-hydroxylation sites is 1. The zero-order valence-electron chi connectivity index (χ0n) is 13.3. The minimum Gasteiger partial charge on any atom is -0.478 e. The van der Waals surface area contributed by atoms with E-state index in [0.29, 0.717) is 17.5 Å². The largest absolute Gasteiger partial charge is 0.478 e. The number of hydrogen-bond acceptors (Lipinski definition) is 4. The summed E-state index contributed by atoms with van der Waals surface area (Å²) in [4.78, 5) is 21.9. The Balaban J connectivity index is 2.16. The lowest BCUT2D eigenvalue weighted by molar-refractivity contribution is -0.131. The van der Waals surface area contributed by atoms with Crippen molar-refractivity contribution < 1.29 is 23.1 Å². The van der Waals surface area contributed by atoms with Crippen LogP contribution in [0.15, 0.2) is 71.6 Å². The molecule has 0 aromatic heterocycles. The van der Waals surface area contributed by atoms with Crippen molar-refractivity contribution in [2.75, 3.05) is 16.7 Å². The van der Waals surface area contributed by atoms with Crippen LogP contribution in [0.5, 0.6) is 0 Å². The van der Waals surface area contributed by atoms with Crippen molar-refractivity contribution >= 4 is 33.3 Å². The van der Waals surface area contributed by atoms with Crippen LogP contribution in [0.2, 0.25) is 0 Å². The van der Waals surface area contributed by atoms with Crippen molar-refractivity contribution in [1.82, 2.24) is 0 Å². The number of hydrogen-bond donors (Lipinski definition) is 2. The summed E-state index contributed by atoms with van der Waals surface area (Å²) in [6.07, 6.45) is 1.58. The summed E-state index contributed by atoms with van der Waals surface area (Å²) < 4.78 is 26.4. The standard InChI is InChI=1S/C17H16N2O5S/c1-19(14-5-3-2-4-6-14)25(23,24)15-9-7-13(8-10-15)18-16(20)11-12-17(21)22/h2-12H,1H3,(H,18,20)(H,21,22). The lowest BCUT2D eigenvalue weighted by atomic mass is 10.3. The Kier molecular flexibility index (Phi) is 5.56. The fourth-order valence-electron chi connectivity index (χ4n) is 1.98. The number of sulfonamides is 1. The zero-order chi connectivity index (χ0) is 18.4. The van der Waals surface area contributed by atoms with Gasteiger partial charge in [0.1, 0.15) is 0 Å². The molecule has 0 radical (unpaired) electrons. The molecule has 0 spiro atoms. The number of anilines is 2. The van der Waals surface area contributed by atoms with Gasteiger partial charge >= 0.3 is 5.97 Å². The van der Waals surface area contributed by atoms with Crippen LogP contribution >= 0.6 is 0 Å². The summed E-state index contributed by atoms with van der Waals surface area (Å²) in [5.74, 6) is -1.86. The highest BCUT2D eigenvalue weighted by molar-refractivity contribution is 7.92. The number of amides is 1. The van der Waals surface area contributed by atoms with Crippen LogP contribution in [0.1, 0.15) is 0 Å². The third-order valence-corrected chi connectivity index (χ3v) is 5.08. The second-order valence-electron chi connectivity index (χ2n) is 4.99. The molecule has 2 aromatic carbocycles. The molecule has 0 bridgehead atoms. The second-order valence-corrected chi connectivity index (χ2v) is 6.96. The van der Waals surface area contributed by atoms with E-state index in [1.54, 1.807) is 30.3 Å². The van der Waals surface area contributed by atoms with E-state index in [2.05, 4.69) is 5.32 Å². The molecule has 8 heteroatoms. The molecule has 0 unspecified atom stereocenters. The molecule has 0 heterocycles. The first kappa shape index (κ1) is 18.2. The molecule has 2 aromatic rings. The average Bonchev–Trinajstić information content (AvgIpc) is 2.60. The van der Waals surface area contributed by atoms with Crippen LogP contribution < -0.4 is 9.62 Å². The van der Waals surface area contributed by atoms with Gasteiger partial charge in [0.05, 0.1) is 10.6 Å². The molecule has 0 saturated carbocycles. The maximum Gasteiger partial charge on any atom is 0.328 e. The molecule has 25 heavy (non-hydrogen) atoms. The van der Waals surface area contributed by atoms with Gasteiger partial charge in [0.2, 0.25) is 5.91 Å². The van der Waals surface area contributed by atoms with Gasteiger partial charge in [0, 0.05) is 24.9 Å². The molecule has 7 nitrogen and oxygen atoms in total. The van der Waals surface area contributed by atoms with Crippen LogP contribution in [0.25, 0.3) is 0 Å². The van der Waals surface area contributed by atoms with Gasteiger partial charge in [-0.2, -0.15) is 0 Å². The highest BCUT2D eigenvalue weighted by Gasteiger charge is 2.20. The van der Waals surface area contributed by atoms with E-state index in [1.807, 2.05) is 0 Å². The SMILES string of the molecule is CN(c1ccccc1)S(=O)(=O)c1ccc(NC(=O)C=CC(=O)O)cc1. The lowest BCUT2D eigenvalue weighted by Gasteiger charge is -2.19. The molecule has 2 N–H and O–H groups in total. The normalized spacial score (nSPS) is 11.2. The van der Waals surface area contributed by atoms with Crippen molar-refractivity contribution in [3.63, 3.8) is 0 Å². The predicted octanol–water partition coefficient (Wildman–Crippen LogP) is 2.09. The Morgan fingerprint density at radius 1 is 1.00 bits per heavy atom. The molecule has 130 valence electrons. The third-order valence-electron chi connectivity index (χ3n) is 3.28. The number of aliphatic carboxylic acids is 1. The quantitative estimate of drug-likeness (QED) is 0.768. The molecule has 0 aliphatic rings. The highest BCUT2D eigenvalue weighted by Crippen LogP contribution is 2.22. The summed E-state index contributed by atoms with van der Waals surface area (Å²) in [7, 11) is -2.27. The minimum atomic E-state index is -3.73. The van der Waals surface area contributed by atoms with E-state index in [-0.39, 0.29) is 4.90 Å². The Hall–Kier alpha value is -3.13. The first-order chi connectivity index (χ1) is 11.8. The van der Waals surface area contributed by atoms with Crippen molar-refractivity contribution in [2.45, 2.75) is 4.90 Å². The van der Waals surface area contributed by atoms with Crippen LogP contribution in [-0.4, -0.2) is 32.4 Å². The molecule has 2 rings (SSSR count). The third kappa shape index (κ3) is 4.67.